The number of nitrogens with zero attached hydrogens (tertiary/aromatic N) is 2. The van der Waals surface area contributed by atoms with E-state index in [1.54, 1.807) is 0 Å². The minimum Gasteiger partial charge on any atom is -0.469 e. The molecule has 0 aromatic rings. The van der Waals surface area contributed by atoms with Crippen LogP contribution in [-0.4, -0.2) is 74.0 Å². The Hall–Kier alpha value is -1.08. The van der Waals surface area contributed by atoms with E-state index < -0.39 is 0 Å². The molecule has 0 aromatic carbocycles. The molecule has 0 N–H and O–H groups in total. The van der Waals surface area contributed by atoms with E-state index in [2.05, 4.69) is 19.3 Å². The molecule has 2 heterocycles. The average Bonchev–Trinajstić information content (AvgIpc) is 3.92. The van der Waals surface area contributed by atoms with Gasteiger partial charge in [-0.25, -0.2) is 0 Å². The fraction of sp³-hybridized carbons (Fsp3) is 0.833. The molecule has 0 bridgehead atoms. The first-order valence-electron chi connectivity index (χ1n) is 17.8. The molecular weight excluding hydrogens is 668 g/mol. The van der Waals surface area contributed by atoms with Crippen molar-refractivity contribution in [1.29, 1.82) is 0 Å². The number of piperidine rings is 2. The van der Waals surface area contributed by atoms with Crippen molar-refractivity contribution in [1.82, 2.24) is 9.80 Å². The van der Waals surface area contributed by atoms with E-state index in [4.69, 9.17) is 0 Å². The maximum Gasteiger partial charge on any atom is 0.308 e. The summed E-state index contributed by atoms with van der Waals surface area (Å²) in [6, 6.07) is 0. The third kappa shape index (κ3) is 12.1. The number of hydrogen-bond acceptors (Lipinski definition) is 6. The van der Waals surface area contributed by atoms with Crippen LogP contribution in [-0.2, 0) is 62.8 Å². The maximum atomic E-state index is 12.6. The Kier molecular flexibility index (Phi) is 19.5. The third-order valence-electron chi connectivity index (χ3n) is 11.1. The fourth-order valence-electron chi connectivity index (χ4n) is 8.28. The van der Waals surface area contributed by atoms with Crippen LogP contribution in [0.2, 0.25) is 0 Å². The normalized spacial score (nSPS) is 23.3. The number of rotatable bonds is 5. The molecular formula is C36H58Fe2N2O6. The van der Waals surface area contributed by atoms with Gasteiger partial charge in [0.05, 0.1) is 37.9 Å². The Morgan fingerprint density at radius 2 is 0.761 bits per heavy atom. The second-order valence-corrected chi connectivity index (χ2v) is 13.9. The van der Waals surface area contributed by atoms with Crippen LogP contribution >= 0.6 is 0 Å². The van der Waals surface area contributed by atoms with Crippen LogP contribution in [0.15, 0.2) is 0 Å². The van der Waals surface area contributed by atoms with E-state index in [0.717, 1.165) is 115 Å². The Morgan fingerprint density at radius 1 is 0.478 bits per heavy atom. The van der Waals surface area contributed by atoms with Crippen LogP contribution in [0.3, 0.4) is 0 Å². The molecule has 2 radical (unpaired) electrons. The van der Waals surface area contributed by atoms with Gasteiger partial charge in [0, 0.05) is 60.3 Å². The van der Waals surface area contributed by atoms with Crippen LogP contribution in [0.4, 0.5) is 0 Å². The molecule has 264 valence electrons. The quantitative estimate of drug-likeness (QED) is 0.239. The minimum absolute atomic E-state index is 0. The molecule has 2 aliphatic heterocycles. The number of esters is 2. The summed E-state index contributed by atoms with van der Waals surface area (Å²) in [5.74, 6) is 4.97. The van der Waals surface area contributed by atoms with Crippen molar-refractivity contribution in [3.8, 4) is 0 Å². The van der Waals surface area contributed by atoms with Crippen LogP contribution < -0.4 is 0 Å². The van der Waals surface area contributed by atoms with Gasteiger partial charge in [-0.15, -0.1) is 0 Å². The summed E-state index contributed by atoms with van der Waals surface area (Å²) in [7, 11) is 2.92. The van der Waals surface area contributed by atoms with Crippen molar-refractivity contribution in [3.05, 3.63) is 11.8 Å². The van der Waals surface area contributed by atoms with E-state index in [1.165, 1.54) is 77.4 Å². The molecule has 10 heteroatoms. The smallest absolute Gasteiger partial charge is 0.308 e. The number of likely N-dealkylation sites (tertiary alicyclic amines) is 2. The summed E-state index contributed by atoms with van der Waals surface area (Å²) in [4.78, 5) is 51.0. The molecule has 46 heavy (non-hydrogen) atoms. The zero-order valence-electron chi connectivity index (χ0n) is 28.3. The molecule has 2 saturated heterocycles. The zero-order valence-corrected chi connectivity index (χ0v) is 30.5. The monoisotopic (exact) mass is 726 g/mol. The minimum atomic E-state index is -0.0208. The Balaban J connectivity index is 0.000000303. The van der Waals surface area contributed by atoms with E-state index in [1.807, 2.05) is 0 Å². The van der Waals surface area contributed by atoms with Crippen LogP contribution in [0, 0.1) is 35.5 Å². The predicted molar refractivity (Wildman–Crippen MR) is 170 cm³/mol. The van der Waals surface area contributed by atoms with Gasteiger partial charge in [0.25, 0.3) is 0 Å². The Morgan fingerprint density at radius 3 is 1.02 bits per heavy atom. The first-order chi connectivity index (χ1) is 21.4. The number of hydrogen-bond donors (Lipinski definition) is 0. The summed E-state index contributed by atoms with van der Waals surface area (Å²) in [5.41, 5.74) is 0. The fourth-order valence-corrected chi connectivity index (χ4v) is 8.28. The largest absolute Gasteiger partial charge is 0.469 e. The van der Waals surface area contributed by atoms with Gasteiger partial charge in [-0.2, -0.15) is 0 Å². The zero-order chi connectivity index (χ0) is 31.3. The van der Waals surface area contributed by atoms with Gasteiger partial charge < -0.3 is 19.3 Å². The Bertz CT molecular complexity index is 837. The van der Waals surface area contributed by atoms with Crippen molar-refractivity contribution in [2.24, 2.45) is 23.7 Å². The molecule has 8 nitrogen and oxygen atoms in total. The van der Waals surface area contributed by atoms with Crippen LogP contribution in [0.1, 0.15) is 128 Å². The molecule has 0 atom stereocenters. The van der Waals surface area contributed by atoms with Crippen molar-refractivity contribution in [2.75, 3.05) is 40.4 Å². The summed E-state index contributed by atoms with van der Waals surface area (Å²) in [5, 5.41) is 0. The molecule has 4 saturated carbocycles. The van der Waals surface area contributed by atoms with Crippen molar-refractivity contribution < 1.29 is 62.8 Å². The Labute approximate surface area is 299 Å². The summed E-state index contributed by atoms with van der Waals surface area (Å²) in [6.07, 6.45) is 22.5. The first-order valence-corrected chi connectivity index (χ1v) is 17.8. The second-order valence-electron chi connectivity index (χ2n) is 13.9. The number of amides is 2. The maximum absolute atomic E-state index is 12.6. The van der Waals surface area contributed by atoms with Crippen molar-refractivity contribution >= 4 is 23.8 Å². The van der Waals surface area contributed by atoms with Gasteiger partial charge in [0.2, 0.25) is 11.8 Å². The number of methoxy groups -OCH3 is 2. The topological polar surface area (TPSA) is 93.2 Å². The van der Waals surface area contributed by atoms with Gasteiger partial charge >= 0.3 is 11.9 Å². The van der Waals surface area contributed by atoms with E-state index in [9.17, 15) is 19.2 Å². The SMILES string of the molecule is COC(=O)C1CCCC1.COC(=O)C1CCCC1.O=C([C]1CCCC1)N1CCC(C2CCN(C(=O)[C]3CCCC3)CC2)CC1.[Fe].[Fe]. The van der Waals surface area contributed by atoms with Crippen molar-refractivity contribution in [3.63, 3.8) is 0 Å². The first kappa shape index (κ1) is 41.1. The second kappa shape index (κ2) is 21.8. The van der Waals surface area contributed by atoms with Gasteiger partial charge in [-0.1, -0.05) is 51.4 Å². The van der Waals surface area contributed by atoms with E-state index >= 15 is 0 Å². The van der Waals surface area contributed by atoms with Crippen LogP contribution in [0.25, 0.3) is 0 Å². The predicted octanol–water partition coefficient (Wildman–Crippen LogP) is 6.45. The van der Waals surface area contributed by atoms with E-state index in [-0.39, 0.29) is 57.9 Å². The molecule has 2 amide bonds. The van der Waals surface area contributed by atoms with Gasteiger partial charge in [-0.05, 0) is 88.9 Å². The van der Waals surface area contributed by atoms with Crippen molar-refractivity contribution in [2.45, 2.75) is 128 Å². The van der Waals surface area contributed by atoms with Crippen LogP contribution in [0.5, 0.6) is 0 Å². The standard InChI is InChI=1S/C22H34N2O2.2C7H12O2.2Fe/c25-21(19-5-1-2-6-19)23-13-9-17(10-14-23)18-11-15-24(16-12-18)22(26)20-7-3-4-8-20;2*1-9-7(8)6-4-2-3-5-6;;/h17-18H,1-16H2;2*6H,2-5H2,1H3;;. The molecule has 0 spiro atoms. The molecule has 6 aliphatic rings. The molecule has 0 unspecified atom stereocenters. The summed E-state index contributed by atoms with van der Waals surface area (Å²) >= 11 is 0. The van der Waals surface area contributed by atoms with Gasteiger partial charge in [0.1, 0.15) is 0 Å². The van der Waals surface area contributed by atoms with E-state index in [0.29, 0.717) is 11.8 Å². The van der Waals surface area contributed by atoms with Gasteiger partial charge in [-0.3, -0.25) is 19.2 Å². The number of carbonyl (C=O) groups excluding carboxylic acids is 4. The molecule has 4 aliphatic carbocycles. The van der Waals surface area contributed by atoms with Gasteiger partial charge in [0.15, 0.2) is 0 Å². The third-order valence-corrected chi connectivity index (χ3v) is 11.1. The number of carbonyl (C=O) groups is 4. The summed E-state index contributed by atoms with van der Waals surface area (Å²) in [6.45, 7) is 3.79. The number of ether oxygens (including phenoxy) is 2. The molecule has 6 rings (SSSR count). The average molecular weight is 727 g/mol. The molecule has 6 fully saturated rings. The summed E-state index contributed by atoms with van der Waals surface area (Å²) < 4.78 is 9.19. The molecule has 0 aromatic heterocycles.